The number of ether oxygens (including phenoxy) is 1. The van der Waals surface area contributed by atoms with Gasteiger partial charge in [0.25, 0.3) is 5.91 Å². The molecule has 0 radical (unpaired) electrons. The maximum atomic E-state index is 12.7. The van der Waals surface area contributed by atoms with Crippen LogP contribution in [0.5, 0.6) is 0 Å². The van der Waals surface area contributed by atoms with Gasteiger partial charge < -0.3 is 14.2 Å². The predicted molar refractivity (Wildman–Crippen MR) is 93.6 cm³/mol. The van der Waals surface area contributed by atoms with E-state index in [2.05, 4.69) is 23.7 Å². The van der Waals surface area contributed by atoms with Gasteiger partial charge in [0, 0.05) is 33.2 Å². The fourth-order valence-electron chi connectivity index (χ4n) is 3.16. The molecule has 0 bridgehead atoms. The van der Waals surface area contributed by atoms with Crippen molar-refractivity contribution in [3.05, 3.63) is 30.1 Å². The molecular formula is C18H26N4O2. The van der Waals surface area contributed by atoms with E-state index in [0.29, 0.717) is 25.7 Å². The van der Waals surface area contributed by atoms with Crippen molar-refractivity contribution in [2.75, 3.05) is 26.7 Å². The van der Waals surface area contributed by atoms with E-state index >= 15 is 0 Å². The Hall–Kier alpha value is -1.92. The van der Waals surface area contributed by atoms with E-state index in [9.17, 15) is 4.79 Å². The number of para-hydroxylation sites is 2. The number of hydrogen-bond donors (Lipinski definition) is 0. The molecule has 6 nitrogen and oxygen atoms in total. The molecule has 2 aromatic rings. The number of nitrogens with zero attached hydrogens (tertiary/aromatic N) is 4. The second kappa shape index (κ2) is 6.91. The van der Waals surface area contributed by atoms with E-state index < -0.39 is 0 Å². The van der Waals surface area contributed by atoms with Crippen molar-refractivity contribution >= 4 is 16.9 Å². The summed E-state index contributed by atoms with van der Waals surface area (Å²) < 4.78 is 7.75. The third-order valence-corrected chi connectivity index (χ3v) is 4.74. The van der Waals surface area contributed by atoms with Crippen LogP contribution in [0.3, 0.4) is 0 Å². The molecule has 1 aromatic carbocycles. The van der Waals surface area contributed by atoms with Gasteiger partial charge in [-0.05, 0) is 26.0 Å². The Bertz CT molecular complexity index is 725. The van der Waals surface area contributed by atoms with Crippen LogP contribution in [0, 0.1) is 0 Å². The summed E-state index contributed by atoms with van der Waals surface area (Å²) in [6, 6.07) is 8.43. The molecule has 0 saturated carbocycles. The minimum absolute atomic E-state index is 0.0207. The van der Waals surface area contributed by atoms with E-state index in [4.69, 9.17) is 4.74 Å². The van der Waals surface area contributed by atoms with Crippen molar-refractivity contribution in [1.29, 1.82) is 0 Å². The number of likely N-dealkylation sites (N-methyl/N-ethyl adjacent to an activating group) is 1. The minimum atomic E-state index is -0.388. The Morgan fingerprint density at radius 2 is 2.17 bits per heavy atom. The number of carbonyl (C=O) groups is 1. The Morgan fingerprint density at radius 1 is 1.42 bits per heavy atom. The molecule has 1 amide bonds. The van der Waals surface area contributed by atoms with Gasteiger partial charge >= 0.3 is 0 Å². The van der Waals surface area contributed by atoms with Gasteiger partial charge in [-0.1, -0.05) is 12.1 Å². The molecule has 1 fully saturated rings. The molecular weight excluding hydrogens is 304 g/mol. The highest BCUT2D eigenvalue weighted by atomic mass is 16.5. The molecule has 6 heteroatoms. The van der Waals surface area contributed by atoms with Gasteiger partial charge in [0.2, 0.25) is 0 Å². The summed E-state index contributed by atoms with van der Waals surface area (Å²) in [5.41, 5.74) is 2.03. The first kappa shape index (κ1) is 16.9. The monoisotopic (exact) mass is 330 g/mol. The maximum absolute atomic E-state index is 12.7. The van der Waals surface area contributed by atoms with Crippen molar-refractivity contribution in [3.63, 3.8) is 0 Å². The predicted octanol–water partition coefficient (Wildman–Crippen LogP) is 1.64. The highest BCUT2D eigenvalue weighted by molar-refractivity contribution is 5.81. The van der Waals surface area contributed by atoms with Crippen molar-refractivity contribution in [2.45, 2.75) is 32.5 Å². The molecule has 1 unspecified atom stereocenters. The van der Waals surface area contributed by atoms with Crippen LogP contribution in [0.25, 0.3) is 11.0 Å². The molecule has 3 rings (SSSR count). The molecule has 1 atom stereocenters. The van der Waals surface area contributed by atoms with Gasteiger partial charge in [-0.2, -0.15) is 0 Å². The summed E-state index contributed by atoms with van der Waals surface area (Å²) in [4.78, 5) is 21.4. The van der Waals surface area contributed by atoms with Crippen LogP contribution in [-0.4, -0.2) is 64.1 Å². The molecule has 0 aliphatic carbocycles. The lowest BCUT2D eigenvalue weighted by Gasteiger charge is -2.36. The van der Waals surface area contributed by atoms with Gasteiger partial charge in [0.1, 0.15) is 11.9 Å². The van der Waals surface area contributed by atoms with Crippen LogP contribution in [0.15, 0.2) is 24.3 Å². The van der Waals surface area contributed by atoms with Crippen molar-refractivity contribution < 1.29 is 9.53 Å². The number of amides is 1. The van der Waals surface area contributed by atoms with E-state index in [-0.39, 0.29) is 12.0 Å². The number of benzene rings is 1. The third-order valence-electron chi connectivity index (χ3n) is 4.74. The summed E-state index contributed by atoms with van der Waals surface area (Å²) >= 11 is 0. The number of carbonyl (C=O) groups excluding carboxylic acids is 1. The Balaban J connectivity index is 1.70. The van der Waals surface area contributed by atoms with Gasteiger partial charge in [0.15, 0.2) is 0 Å². The summed E-state index contributed by atoms with van der Waals surface area (Å²) in [6.45, 7) is 6.92. The number of fused-ring (bicyclic) bond motifs is 1. The van der Waals surface area contributed by atoms with Gasteiger partial charge in [-0.15, -0.1) is 0 Å². The molecule has 1 aliphatic rings. The van der Waals surface area contributed by atoms with Crippen LogP contribution in [-0.2, 0) is 23.1 Å². The fourth-order valence-corrected chi connectivity index (χ4v) is 3.16. The number of morpholine rings is 1. The zero-order chi connectivity index (χ0) is 17.3. The average molecular weight is 330 g/mol. The molecule has 0 spiro atoms. The molecule has 24 heavy (non-hydrogen) atoms. The smallest absolute Gasteiger partial charge is 0.253 e. The van der Waals surface area contributed by atoms with Gasteiger partial charge in [-0.25, -0.2) is 4.98 Å². The summed E-state index contributed by atoms with van der Waals surface area (Å²) in [7, 11) is 3.81. The summed E-state index contributed by atoms with van der Waals surface area (Å²) in [6.07, 6.45) is -0.388. The summed E-state index contributed by atoms with van der Waals surface area (Å²) in [5.74, 6) is 0.899. The minimum Gasteiger partial charge on any atom is -0.366 e. The normalized spacial score (nSPS) is 19.1. The van der Waals surface area contributed by atoms with E-state index in [0.717, 1.165) is 23.4 Å². The average Bonchev–Trinajstić information content (AvgIpc) is 2.90. The standard InChI is InChI=1S/C18H26N4O2/c1-13(2)22-9-10-24-16(11-22)18(23)20(3)12-17-19-14-7-5-6-8-15(14)21(17)4/h5-8,13,16H,9-12H2,1-4H3. The van der Waals surface area contributed by atoms with E-state index in [1.807, 2.05) is 42.9 Å². The molecule has 1 saturated heterocycles. The van der Waals surface area contributed by atoms with E-state index in [1.54, 1.807) is 4.90 Å². The number of aromatic nitrogens is 2. The molecule has 1 aliphatic heterocycles. The highest BCUT2D eigenvalue weighted by Crippen LogP contribution is 2.16. The zero-order valence-electron chi connectivity index (χ0n) is 14.9. The summed E-state index contributed by atoms with van der Waals surface area (Å²) in [5, 5.41) is 0. The van der Waals surface area contributed by atoms with Crippen LogP contribution in [0.2, 0.25) is 0 Å². The fraction of sp³-hybridized carbons (Fsp3) is 0.556. The van der Waals surface area contributed by atoms with E-state index in [1.165, 1.54) is 0 Å². The Labute approximate surface area is 143 Å². The van der Waals surface area contributed by atoms with Crippen molar-refractivity contribution in [2.24, 2.45) is 7.05 Å². The van der Waals surface area contributed by atoms with Crippen LogP contribution < -0.4 is 0 Å². The molecule has 1 aromatic heterocycles. The van der Waals surface area contributed by atoms with Crippen LogP contribution >= 0.6 is 0 Å². The van der Waals surface area contributed by atoms with Crippen LogP contribution in [0.1, 0.15) is 19.7 Å². The number of imidazole rings is 1. The lowest BCUT2D eigenvalue weighted by molar-refractivity contribution is -0.149. The second-order valence-electron chi connectivity index (χ2n) is 6.72. The second-order valence-corrected chi connectivity index (χ2v) is 6.72. The quantitative estimate of drug-likeness (QED) is 0.855. The van der Waals surface area contributed by atoms with Crippen molar-refractivity contribution in [3.8, 4) is 0 Å². The molecule has 0 N–H and O–H groups in total. The van der Waals surface area contributed by atoms with Gasteiger partial charge in [-0.3, -0.25) is 9.69 Å². The highest BCUT2D eigenvalue weighted by Gasteiger charge is 2.30. The first-order valence-corrected chi connectivity index (χ1v) is 8.48. The number of aryl methyl sites for hydroxylation is 1. The first-order chi connectivity index (χ1) is 11.5. The number of rotatable bonds is 4. The van der Waals surface area contributed by atoms with Gasteiger partial charge in [0.05, 0.1) is 24.2 Å². The first-order valence-electron chi connectivity index (χ1n) is 8.48. The topological polar surface area (TPSA) is 50.6 Å². The molecule has 2 heterocycles. The maximum Gasteiger partial charge on any atom is 0.253 e. The van der Waals surface area contributed by atoms with Crippen molar-refractivity contribution in [1.82, 2.24) is 19.4 Å². The lowest BCUT2D eigenvalue weighted by Crippen LogP contribution is -2.51. The largest absolute Gasteiger partial charge is 0.366 e. The SMILES string of the molecule is CC(C)N1CCOC(C(=O)N(C)Cc2nc3ccccc3n2C)C1. The zero-order valence-corrected chi connectivity index (χ0v) is 14.9. The molecule has 130 valence electrons. The Morgan fingerprint density at radius 3 is 2.88 bits per heavy atom. The van der Waals surface area contributed by atoms with Crippen LogP contribution in [0.4, 0.5) is 0 Å². The lowest BCUT2D eigenvalue weighted by atomic mass is 10.2. The Kier molecular flexibility index (Phi) is 4.87. The third kappa shape index (κ3) is 3.30. The number of hydrogen-bond acceptors (Lipinski definition) is 4.